The summed E-state index contributed by atoms with van der Waals surface area (Å²) in [6.07, 6.45) is 8.17. The molecule has 4 atom stereocenters. The topological polar surface area (TPSA) is 69.6 Å². The first kappa shape index (κ1) is 22.2. The molecule has 2 unspecified atom stereocenters. The molecule has 146 valence electrons. The SMILES string of the molecule is C[C@@H]1CCCCCCCCC(=O)N(C)[C@@H](C)C(=O)NC(C(O)CCl)C1. The van der Waals surface area contributed by atoms with Crippen molar-refractivity contribution in [1.82, 2.24) is 10.2 Å². The summed E-state index contributed by atoms with van der Waals surface area (Å²) in [6.45, 7) is 3.88. The molecule has 0 radical (unpaired) electrons. The Bertz CT molecular complexity index is 419. The summed E-state index contributed by atoms with van der Waals surface area (Å²) in [7, 11) is 1.67. The number of hydrogen-bond donors (Lipinski definition) is 2. The number of hydrogen-bond acceptors (Lipinski definition) is 3. The third kappa shape index (κ3) is 7.95. The first-order valence-electron chi connectivity index (χ1n) is 9.66. The minimum atomic E-state index is -0.778. The van der Waals surface area contributed by atoms with Crippen molar-refractivity contribution < 1.29 is 14.7 Å². The van der Waals surface area contributed by atoms with Crippen LogP contribution in [0.3, 0.4) is 0 Å². The van der Waals surface area contributed by atoms with Crippen LogP contribution in [0.1, 0.15) is 71.6 Å². The van der Waals surface area contributed by atoms with Gasteiger partial charge in [-0.1, -0.05) is 45.4 Å². The molecule has 0 spiro atoms. The first-order valence-corrected chi connectivity index (χ1v) is 10.2. The van der Waals surface area contributed by atoms with E-state index in [1.165, 1.54) is 17.7 Å². The van der Waals surface area contributed by atoms with Crippen LogP contribution < -0.4 is 5.32 Å². The number of alkyl halides is 1. The van der Waals surface area contributed by atoms with E-state index in [2.05, 4.69) is 12.2 Å². The van der Waals surface area contributed by atoms with Crippen molar-refractivity contribution >= 4 is 23.4 Å². The van der Waals surface area contributed by atoms with E-state index in [-0.39, 0.29) is 23.7 Å². The van der Waals surface area contributed by atoms with Crippen molar-refractivity contribution in [3.8, 4) is 0 Å². The second kappa shape index (κ2) is 11.7. The average Bonchev–Trinajstić information content (AvgIpc) is 2.60. The largest absolute Gasteiger partial charge is 0.390 e. The number of halogens is 1. The van der Waals surface area contributed by atoms with Gasteiger partial charge in [0.15, 0.2) is 0 Å². The summed E-state index contributed by atoms with van der Waals surface area (Å²) in [5.41, 5.74) is 0. The molecule has 6 heteroatoms. The molecule has 0 aromatic rings. The lowest BCUT2D eigenvalue weighted by molar-refractivity contribution is -0.139. The molecule has 0 saturated carbocycles. The zero-order chi connectivity index (χ0) is 18.8. The summed E-state index contributed by atoms with van der Waals surface area (Å²) >= 11 is 5.82. The Morgan fingerprint density at radius 1 is 1.16 bits per heavy atom. The van der Waals surface area contributed by atoms with E-state index < -0.39 is 12.1 Å². The number of carbonyl (C=O) groups is 2. The minimum absolute atomic E-state index is 0.00226. The molecule has 2 N–H and O–H groups in total. The van der Waals surface area contributed by atoms with Gasteiger partial charge in [-0.05, 0) is 25.7 Å². The maximum Gasteiger partial charge on any atom is 0.242 e. The lowest BCUT2D eigenvalue weighted by Gasteiger charge is -2.30. The Hall–Kier alpha value is -0.810. The number of carbonyl (C=O) groups excluding carboxylic acids is 2. The number of likely N-dealkylation sites (N-methyl/N-ethyl adjacent to an activating group) is 1. The maximum atomic E-state index is 12.5. The highest BCUT2D eigenvalue weighted by molar-refractivity contribution is 6.18. The fourth-order valence-electron chi connectivity index (χ4n) is 3.32. The average molecular weight is 375 g/mol. The first-order chi connectivity index (χ1) is 11.9. The van der Waals surface area contributed by atoms with Crippen LogP contribution in [0.4, 0.5) is 0 Å². The molecule has 1 rings (SSSR count). The highest BCUT2D eigenvalue weighted by atomic mass is 35.5. The van der Waals surface area contributed by atoms with E-state index in [0.717, 1.165) is 32.1 Å². The summed E-state index contributed by atoms with van der Waals surface area (Å²) in [5.74, 6) is 0.258. The van der Waals surface area contributed by atoms with Gasteiger partial charge < -0.3 is 15.3 Å². The van der Waals surface area contributed by atoms with Gasteiger partial charge in [0.2, 0.25) is 11.8 Å². The van der Waals surface area contributed by atoms with Gasteiger partial charge in [-0.2, -0.15) is 0 Å². The van der Waals surface area contributed by atoms with Gasteiger partial charge in [-0.15, -0.1) is 11.6 Å². The lowest BCUT2D eigenvalue weighted by Crippen LogP contribution is -2.52. The molecular weight excluding hydrogens is 340 g/mol. The van der Waals surface area contributed by atoms with Crippen LogP contribution in [-0.4, -0.2) is 52.9 Å². The molecule has 1 aliphatic rings. The van der Waals surface area contributed by atoms with Crippen LogP contribution in [0, 0.1) is 5.92 Å². The molecule has 1 saturated heterocycles. The van der Waals surface area contributed by atoms with E-state index >= 15 is 0 Å². The summed E-state index contributed by atoms with van der Waals surface area (Å²) in [4.78, 5) is 26.3. The van der Waals surface area contributed by atoms with Crippen molar-refractivity contribution in [2.45, 2.75) is 89.8 Å². The monoisotopic (exact) mass is 374 g/mol. The fraction of sp³-hybridized carbons (Fsp3) is 0.895. The number of nitrogens with zero attached hydrogens (tertiary/aromatic N) is 1. The highest BCUT2D eigenvalue weighted by Crippen LogP contribution is 2.19. The number of nitrogens with one attached hydrogen (secondary N) is 1. The molecule has 0 aromatic carbocycles. The van der Waals surface area contributed by atoms with Crippen molar-refractivity contribution in [1.29, 1.82) is 0 Å². The van der Waals surface area contributed by atoms with Crippen molar-refractivity contribution in [2.75, 3.05) is 12.9 Å². The normalized spacial score (nSPS) is 30.0. The standard InChI is InChI=1S/C19H35ClN2O3/c1-14-10-8-6-4-5-7-9-11-18(24)22(3)15(2)19(25)21-16(12-14)17(23)13-20/h14-17,23H,4-13H2,1-3H3,(H,21,25)/t14-,15+,16?,17?/m1/s1. The summed E-state index contributed by atoms with van der Waals surface area (Å²) in [6, 6.07) is -0.931. The molecule has 0 aliphatic carbocycles. The van der Waals surface area contributed by atoms with Crippen LogP contribution >= 0.6 is 11.6 Å². The summed E-state index contributed by atoms with van der Waals surface area (Å²) < 4.78 is 0. The van der Waals surface area contributed by atoms with Gasteiger partial charge in [-0.25, -0.2) is 0 Å². The molecule has 0 aromatic heterocycles. The van der Waals surface area contributed by atoms with Gasteiger partial charge >= 0.3 is 0 Å². The zero-order valence-electron chi connectivity index (χ0n) is 16.0. The van der Waals surface area contributed by atoms with Gasteiger partial charge in [0, 0.05) is 13.5 Å². The molecule has 1 aliphatic heterocycles. The Morgan fingerprint density at radius 3 is 2.40 bits per heavy atom. The molecule has 5 nitrogen and oxygen atoms in total. The van der Waals surface area contributed by atoms with Gasteiger partial charge in [0.1, 0.15) is 6.04 Å². The van der Waals surface area contributed by atoms with Crippen LogP contribution in [0.15, 0.2) is 0 Å². The van der Waals surface area contributed by atoms with E-state index in [4.69, 9.17) is 11.6 Å². The molecule has 0 bridgehead atoms. The van der Waals surface area contributed by atoms with E-state index in [1.54, 1.807) is 14.0 Å². The van der Waals surface area contributed by atoms with Crippen LogP contribution in [0.5, 0.6) is 0 Å². The van der Waals surface area contributed by atoms with E-state index in [0.29, 0.717) is 18.8 Å². The minimum Gasteiger partial charge on any atom is -0.390 e. The zero-order valence-corrected chi connectivity index (χ0v) is 16.7. The third-order valence-corrected chi connectivity index (χ3v) is 5.61. The predicted molar refractivity (Wildman–Crippen MR) is 102 cm³/mol. The maximum absolute atomic E-state index is 12.5. The van der Waals surface area contributed by atoms with Crippen molar-refractivity contribution in [3.05, 3.63) is 0 Å². The van der Waals surface area contributed by atoms with Gasteiger partial charge in [-0.3, -0.25) is 9.59 Å². The molecular formula is C19H35ClN2O3. The Kier molecular flexibility index (Phi) is 10.4. The van der Waals surface area contributed by atoms with Crippen molar-refractivity contribution in [3.63, 3.8) is 0 Å². The van der Waals surface area contributed by atoms with Crippen LogP contribution in [0.25, 0.3) is 0 Å². The smallest absolute Gasteiger partial charge is 0.242 e. The Labute approximate surface area is 157 Å². The quantitative estimate of drug-likeness (QED) is 0.730. The third-order valence-electron chi connectivity index (χ3n) is 5.30. The predicted octanol–water partition coefficient (Wildman–Crippen LogP) is 3.08. The second-order valence-electron chi connectivity index (χ2n) is 7.52. The second-order valence-corrected chi connectivity index (χ2v) is 7.83. The molecule has 1 fully saturated rings. The number of aliphatic hydroxyl groups is 1. The van der Waals surface area contributed by atoms with E-state index in [9.17, 15) is 14.7 Å². The van der Waals surface area contributed by atoms with Gasteiger partial charge in [0.25, 0.3) is 0 Å². The fourth-order valence-corrected chi connectivity index (χ4v) is 3.53. The summed E-state index contributed by atoms with van der Waals surface area (Å²) in [5, 5.41) is 13.1. The molecule has 1 heterocycles. The highest BCUT2D eigenvalue weighted by Gasteiger charge is 2.28. The van der Waals surface area contributed by atoms with Crippen LogP contribution in [-0.2, 0) is 9.59 Å². The van der Waals surface area contributed by atoms with Crippen molar-refractivity contribution in [2.24, 2.45) is 5.92 Å². The van der Waals surface area contributed by atoms with Crippen LogP contribution in [0.2, 0.25) is 0 Å². The lowest BCUT2D eigenvalue weighted by atomic mass is 9.93. The Balaban J connectivity index is 2.81. The van der Waals surface area contributed by atoms with E-state index in [1.807, 2.05) is 0 Å². The molecule has 2 amide bonds. The van der Waals surface area contributed by atoms with Gasteiger partial charge in [0.05, 0.1) is 18.0 Å². The Morgan fingerprint density at radius 2 is 1.76 bits per heavy atom. The number of amides is 2. The molecule has 25 heavy (non-hydrogen) atoms. The number of aliphatic hydroxyl groups excluding tert-OH is 1. The number of rotatable bonds is 2.